The van der Waals surface area contributed by atoms with Crippen LogP contribution in [-0.2, 0) is 22.7 Å². The number of nitro groups is 1. The van der Waals surface area contributed by atoms with Gasteiger partial charge < -0.3 is 25.6 Å². The number of likely N-dealkylation sites (tertiary alicyclic amines) is 3. The van der Waals surface area contributed by atoms with Crippen molar-refractivity contribution >= 4 is 64.2 Å². The molecule has 6 heterocycles. The first kappa shape index (κ1) is 52.2. The van der Waals surface area contributed by atoms with Gasteiger partial charge in [-0.15, -0.1) is 0 Å². The summed E-state index contributed by atoms with van der Waals surface area (Å²) in [7, 11) is 0. The van der Waals surface area contributed by atoms with Crippen LogP contribution in [0.25, 0.3) is 0 Å². The number of nitrogens with zero attached hydrogens (tertiary/aromatic N) is 8. The van der Waals surface area contributed by atoms with Crippen molar-refractivity contribution in [3.05, 3.63) is 129 Å². The Morgan fingerprint density at radius 2 is 1.16 bits per heavy atom. The van der Waals surface area contributed by atoms with Gasteiger partial charge in [-0.25, -0.2) is 9.59 Å². The second-order valence-electron chi connectivity index (χ2n) is 18.0. The minimum Gasteiger partial charge on any atom is -0.409 e. The molecule has 4 aliphatic rings. The molecule has 2 spiro atoms. The summed E-state index contributed by atoms with van der Waals surface area (Å²) in [4.78, 5) is 63.3. The Balaban J connectivity index is 0.000000174. The number of carbonyl (C=O) groups is 4. The van der Waals surface area contributed by atoms with Crippen molar-refractivity contribution in [3.8, 4) is 5.75 Å². The molecule has 4 aliphatic heterocycles. The van der Waals surface area contributed by atoms with E-state index in [1.54, 1.807) is 6.20 Å². The number of aromatic nitrogens is 4. The van der Waals surface area contributed by atoms with Crippen LogP contribution in [-0.4, -0.2) is 115 Å². The van der Waals surface area contributed by atoms with Gasteiger partial charge in [0.1, 0.15) is 5.75 Å². The highest BCUT2D eigenvalue weighted by molar-refractivity contribution is 6.31. The van der Waals surface area contributed by atoms with E-state index in [-0.39, 0.29) is 42.1 Å². The molecule has 0 aliphatic carbocycles. The standard InChI is InChI=1S/C21H26ClN5O2.C15H21ClN2.C12H10N4O5.CH4/c1-16(28)24-18-12-23-27(14-18)20(29)26-10-7-21(8-11-26)6-9-25(15-21)13-17-4-2-3-5-19(17)22;16-14-4-2-1-3-13(14)11-18-10-7-15(12-18)5-8-17-9-6-15;1-8(17)14-9-6-13-15(7-9)12(18)21-11-4-2-10(3-5-11)16(19)20;/h2-5,12,14H,6-11,13,15H2,1H3,(H,24,28);1-4,17H,5-12H2;2-7H,1H3,(H,14,17);1H4. The highest BCUT2D eigenvalue weighted by Crippen LogP contribution is 2.42. The second-order valence-corrected chi connectivity index (χ2v) is 18.8. The fourth-order valence-corrected chi connectivity index (χ4v) is 9.71. The molecule has 3 N–H and O–H groups in total. The maximum atomic E-state index is 12.7. The second kappa shape index (κ2) is 23.9. The number of ether oxygens (including phenoxy) is 1. The topological polar surface area (TPSA) is 202 Å². The Hall–Kier alpha value is -6.18. The molecule has 3 amide bonds. The molecule has 0 saturated carbocycles. The maximum absolute atomic E-state index is 12.7. The Labute approximate surface area is 412 Å². The first-order valence-corrected chi connectivity index (χ1v) is 23.5. The van der Waals surface area contributed by atoms with Crippen LogP contribution in [0.1, 0.15) is 70.9 Å². The molecule has 18 nitrogen and oxygen atoms in total. The highest BCUT2D eigenvalue weighted by Gasteiger charge is 2.42. The molecule has 0 atom stereocenters. The molecule has 0 radical (unpaired) electrons. The number of carbonyl (C=O) groups excluding carboxylic acids is 4. The van der Waals surface area contributed by atoms with E-state index < -0.39 is 11.0 Å². The first-order valence-electron chi connectivity index (χ1n) is 22.7. The number of nitrogens with one attached hydrogen (secondary N) is 3. The fraction of sp³-hybridized carbons (Fsp3) is 0.429. The van der Waals surface area contributed by atoms with Gasteiger partial charge in [0.05, 0.1) is 41.1 Å². The number of halogens is 2. The Kier molecular flexibility index (Phi) is 18.1. The lowest BCUT2D eigenvalue weighted by Gasteiger charge is -2.39. The molecule has 3 aromatic carbocycles. The number of hydrogen-bond donors (Lipinski definition) is 3. The minimum atomic E-state index is -0.805. The van der Waals surface area contributed by atoms with Crippen LogP contribution in [0.15, 0.2) is 97.6 Å². The quantitative estimate of drug-likeness (QED) is 0.0987. The lowest BCUT2D eigenvalue weighted by atomic mass is 9.78. The monoisotopic (exact) mass is 985 g/mol. The molecule has 0 bridgehead atoms. The van der Waals surface area contributed by atoms with E-state index in [1.165, 1.54) is 118 Å². The summed E-state index contributed by atoms with van der Waals surface area (Å²) in [6.07, 6.45) is 12.0. The van der Waals surface area contributed by atoms with Gasteiger partial charge in [-0.2, -0.15) is 19.6 Å². The summed E-state index contributed by atoms with van der Waals surface area (Å²) >= 11 is 12.6. The van der Waals surface area contributed by atoms with E-state index in [0.29, 0.717) is 16.8 Å². The highest BCUT2D eigenvalue weighted by atomic mass is 35.5. The summed E-state index contributed by atoms with van der Waals surface area (Å²) in [6.45, 7) is 13.1. The average molecular weight is 987 g/mol. The molecule has 368 valence electrons. The molecule has 5 aromatic rings. The van der Waals surface area contributed by atoms with Gasteiger partial charge >= 0.3 is 12.1 Å². The number of nitro benzene ring substituents is 1. The van der Waals surface area contributed by atoms with Crippen molar-refractivity contribution in [2.45, 2.75) is 72.9 Å². The van der Waals surface area contributed by atoms with Crippen LogP contribution < -0.4 is 20.7 Å². The van der Waals surface area contributed by atoms with Crippen molar-refractivity contribution in [2.75, 3.05) is 63.0 Å². The number of anilines is 2. The third-order valence-corrected chi connectivity index (χ3v) is 13.7. The number of amides is 3. The molecule has 9 rings (SSSR count). The summed E-state index contributed by atoms with van der Waals surface area (Å²) in [5.74, 6) is -0.333. The van der Waals surface area contributed by atoms with E-state index >= 15 is 0 Å². The molecular weight excluding hydrogens is 926 g/mol. The molecule has 4 saturated heterocycles. The molecule has 4 fully saturated rings. The summed E-state index contributed by atoms with van der Waals surface area (Å²) in [6, 6.07) is 21.2. The Morgan fingerprint density at radius 1 is 0.696 bits per heavy atom. The van der Waals surface area contributed by atoms with E-state index in [9.17, 15) is 29.3 Å². The average Bonchev–Trinajstić information content (AvgIpc) is 4.15. The largest absolute Gasteiger partial charge is 0.440 e. The predicted molar refractivity (Wildman–Crippen MR) is 266 cm³/mol. The van der Waals surface area contributed by atoms with Gasteiger partial charge in [0.25, 0.3) is 5.69 Å². The van der Waals surface area contributed by atoms with E-state index in [4.69, 9.17) is 27.9 Å². The van der Waals surface area contributed by atoms with Crippen molar-refractivity contribution in [2.24, 2.45) is 10.8 Å². The van der Waals surface area contributed by atoms with Crippen LogP contribution in [0.2, 0.25) is 10.0 Å². The van der Waals surface area contributed by atoms with Crippen molar-refractivity contribution < 1.29 is 28.8 Å². The van der Waals surface area contributed by atoms with Crippen LogP contribution in [0.5, 0.6) is 5.75 Å². The summed E-state index contributed by atoms with van der Waals surface area (Å²) in [5.41, 5.74) is 4.09. The first-order chi connectivity index (χ1) is 32.7. The molecular formula is C49H61Cl2N11O7. The number of hydrogen-bond acceptors (Lipinski definition) is 12. The summed E-state index contributed by atoms with van der Waals surface area (Å²) in [5, 5.41) is 28.6. The van der Waals surface area contributed by atoms with E-state index in [2.05, 4.69) is 54.1 Å². The van der Waals surface area contributed by atoms with Gasteiger partial charge in [-0.1, -0.05) is 67.0 Å². The predicted octanol–water partition coefficient (Wildman–Crippen LogP) is 8.80. The van der Waals surface area contributed by atoms with Crippen LogP contribution in [0.4, 0.5) is 26.7 Å². The van der Waals surface area contributed by atoms with Gasteiger partial charge in [0.2, 0.25) is 11.8 Å². The van der Waals surface area contributed by atoms with Gasteiger partial charge in [-0.05, 0) is 111 Å². The van der Waals surface area contributed by atoms with Crippen LogP contribution in [0.3, 0.4) is 0 Å². The zero-order valence-corrected chi connectivity index (χ0v) is 39.8. The van der Waals surface area contributed by atoms with Gasteiger partial charge in [0.15, 0.2) is 0 Å². The molecule has 69 heavy (non-hydrogen) atoms. The normalized spacial score (nSPS) is 17.1. The zero-order chi connectivity index (χ0) is 48.3. The molecule has 2 aromatic heterocycles. The zero-order valence-electron chi connectivity index (χ0n) is 38.2. The van der Waals surface area contributed by atoms with Gasteiger partial charge in [0, 0.05) is 75.3 Å². The fourth-order valence-electron chi connectivity index (χ4n) is 9.32. The molecule has 0 unspecified atom stereocenters. The third kappa shape index (κ3) is 14.4. The van der Waals surface area contributed by atoms with Gasteiger partial charge in [-0.3, -0.25) is 29.5 Å². The lowest BCUT2D eigenvalue weighted by molar-refractivity contribution is -0.384. The van der Waals surface area contributed by atoms with Crippen molar-refractivity contribution in [1.82, 2.24) is 39.6 Å². The van der Waals surface area contributed by atoms with Crippen LogP contribution in [0, 0.1) is 20.9 Å². The van der Waals surface area contributed by atoms with Crippen molar-refractivity contribution in [3.63, 3.8) is 0 Å². The third-order valence-electron chi connectivity index (χ3n) is 12.9. The number of non-ortho nitro benzene ring substituents is 1. The number of benzene rings is 3. The number of piperidine rings is 2. The van der Waals surface area contributed by atoms with Crippen LogP contribution >= 0.6 is 23.2 Å². The van der Waals surface area contributed by atoms with Crippen molar-refractivity contribution in [1.29, 1.82) is 0 Å². The number of rotatable bonds is 8. The maximum Gasteiger partial charge on any atom is 0.440 e. The Bertz CT molecular complexity index is 2550. The summed E-state index contributed by atoms with van der Waals surface area (Å²) < 4.78 is 7.18. The van der Waals surface area contributed by atoms with E-state index in [0.717, 1.165) is 73.3 Å². The smallest absolute Gasteiger partial charge is 0.409 e. The molecule has 20 heteroatoms. The SMILES string of the molecule is C.CC(=O)Nc1cnn(C(=O)N2CCC3(CCN(Cc4ccccc4Cl)C3)CC2)c1.CC(=O)Nc1cnn(C(=O)Oc2ccc([N+](=O)[O-])cc2)c1.Clc1ccccc1CN1CCC2(CCNCC2)C1. The lowest BCUT2D eigenvalue weighted by Crippen LogP contribution is -2.45. The Morgan fingerprint density at radius 3 is 1.65 bits per heavy atom. The van der Waals surface area contributed by atoms with E-state index in [1.807, 2.05) is 35.2 Å². The minimum absolute atomic E-state index is 0.